The summed E-state index contributed by atoms with van der Waals surface area (Å²) in [5.41, 5.74) is 3.38. The van der Waals surface area contributed by atoms with Crippen LogP contribution in [0.25, 0.3) is 17.3 Å². The Bertz CT molecular complexity index is 1010. The summed E-state index contributed by atoms with van der Waals surface area (Å²) in [6.45, 7) is 4.09. The molecule has 2 aromatic carbocycles. The van der Waals surface area contributed by atoms with Gasteiger partial charge in [0.25, 0.3) is 0 Å². The zero-order valence-corrected chi connectivity index (χ0v) is 15.9. The van der Waals surface area contributed by atoms with Gasteiger partial charge in [-0.2, -0.15) is 10.4 Å². The van der Waals surface area contributed by atoms with E-state index in [0.29, 0.717) is 17.8 Å². The fourth-order valence-electron chi connectivity index (χ4n) is 2.78. The van der Waals surface area contributed by atoms with Gasteiger partial charge in [-0.05, 0) is 25.5 Å². The number of aromatic nitrogens is 2. The van der Waals surface area contributed by atoms with Crippen molar-refractivity contribution in [2.24, 2.45) is 0 Å². The second kappa shape index (κ2) is 8.83. The van der Waals surface area contributed by atoms with Crippen molar-refractivity contribution in [3.05, 3.63) is 83.6 Å². The molecule has 0 saturated carbocycles. The average Bonchev–Trinajstić information content (AvgIpc) is 3.09. The van der Waals surface area contributed by atoms with Crippen molar-refractivity contribution in [1.82, 2.24) is 9.78 Å². The van der Waals surface area contributed by atoms with Crippen LogP contribution in [0, 0.1) is 11.3 Å². The van der Waals surface area contributed by atoms with Gasteiger partial charge in [0.05, 0.1) is 18.3 Å². The maximum Gasteiger partial charge on any atom is 0.349 e. The van der Waals surface area contributed by atoms with Crippen LogP contribution in [0.4, 0.5) is 0 Å². The zero-order valence-electron chi connectivity index (χ0n) is 15.9. The standard InChI is InChI=1S/C23H21N3O2/c1-17(2)28-23(27)20(14-24)13-21-16-26(15-18-9-5-3-6-10-18)25-22(21)19-11-7-4-8-12-19/h3-13,16-17H,15H2,1-2H3/b20-13-. The highest BCUT2D eigenvalue weighted by Crippen LogP contribution is 2.25. The van der Waals surface area contributed by atoms with Gasteiger partial charge < -0.3 is 4.74 Å². The first kappa shape index (κ1) is 19.1. The lowest BCUT2D eigenvalue weighted by Gasteiger charge is -2.06. The van der Waals surface area contributed by atoms with Crippen molar-refractivity contribution in [2.45, 2.75) is 26.5 Å². The summed E-state index contributed by atoms with van der Waals surface area (Å²) in [6.07, 6.45) is 3.09. The van der Waals surface area contributed by atoms with Gasteiger partial charge in [-0.1, -0.05) is 60.7 Å². The third-order valence-corrected chi connectivity index (χ3v) is 4.01. The highest BCUT2D eigenvalue weighted by molar-refractivity contribution is 5.98. The topological polar surface area (TPSA) is 67.9 Å². The zero-order chi connectivity index (χ0) is 19.9. The number of esters is 1. The van der Waals surface area contributed by atoms with E-state index in [4.69, 9.17) is 9.84 Å². The van der Waals surface area contributed by atoms with Gasteiger partial charge in [0.15, 0.2) is 0 Å². The number of ether oxygens (including phenoxy) is 1. The third-order valence-electron chi connectivity index (χ3n) is 4.01. The van der Waals surface area contributed by atoms with Crippen molar-refractivity contribution in [3.63, 3.8) is 0 Å². The smallest absolute Gasteiger partial charge is 0.349 e. The van der Waals surface area contributed by atoms with E-state index in [1.54, 1.807) is 19.9 Å². The van der Waals surface area contributed by atoms with Crippen LogP contribution in [0.1, 0.15) is 25.0 Å². The van der Waals surface area contributed by atoms with Gasteiger partial charge in [0.2, 0.25) is 0 Å². The first-order valence-electron chi connectivity index (χ1n) is 9.06. The lowest BCUT2D eigenvalue weighted by atomic mass is 10.1. The monoisotopic (exact) mass is 371 g/mol. The normalized spacial score (nSPS) is 11.3. The minimum Gasteiger partial charge on any atom is -0.459 e. The van der Waals surface area contributed by atoms with E-state index < -0.39 is 5.97 Å². The molecule has 0 unspecified atom stereocenters. The molecular weight excluding hydrogens is 350 g/mol. The maximum absolute atomic E-state index is 12.2. The number of nitrogens with zero attached hydrogens (tertiary/aromatic N) is 3. The molecule has 140 valence electrons. The Balaban J connectivity index is 2.02. The third kappa shape index (κ3) is 4.74. The number of nitriles is 1. The molecule has 3 rings (SSSR count). The quantitative estimate of drug-likeness (QED) is 0.364. The summed E-state index contributed by atoms with van der Waals surface area (Å²) < 4.78 is 6.98. The van der Waals surface area contributed by atoms with Crippen LogP contribution in [0.15, 0.2) is 72.4 Å². The van der Waals surface area contributed by atoms with E-state index in [2.05, 4.69) is 0 Å². The fraction of sp³-hybridized carbons (Fsp3) is 0.174. The molecule has 0 bridgehead atoms. The Morgan fingerprint density at radius 1 is 1.14 bits per heavy atom. The van der Waals surface area contributed by atoms with Crippen molar-refractivity contribution < 1.29 is 9.53 Å². The second-order valence-corrected chi connectivity index (χ2v) is 6.61. The van der Waals surface area contributed by atoms with Gasteiger partial charge in [0, 0.05) is 17.3 Å². The minimum absolute atomic E-state index is 0.0508. The summed E-state index contributed by atoms with van der Waals surface area (Å²) in [5.74, 6) is -0.632. The second-order valence-electron chi connectivity index (χ2n) is 6.61. The molecule has 5 heteroatoms. The van der Waals surface area contributed by atoms with Gasteiger partial charge in [-0.3, -0.25) is 4.68 Å². The Morgan fingerprint density at radius 3 is 2.39 bits per heavy atom. The number of hydrogen-bond donors (Lipinski definition) is 0. The Hall–Kier alpha value is -3.65. The molecule has 1 aromatic heterocycles. The molecule has 0 aliphatic heterocycles. The van der Waals surface area contributed by atoms with Crippen LogP contribution in [0.3, 0.4) is 0 Å². The lowest BCUT2D eigenvalue weighted by Crippen LogP contribution is -2.12. The molecule has 0 saturated heterocycles. The van der Waals surface area contributed by atoms with Gasteiger partial charge in [-0.15, -0.1) is 0 Å². The van der Waals surface area contributed by atoms with Crippen molar-refractivity contribution in [2.75, 3.05) is 0 Å². The molecule has 0 atom stereocenters. The first-order chi connectivity index (χ1) is 13.6. The van der Waals surface area contributed by atoms with Gasteiger partial charge >= 0.3 is 5.97 Å². The number of hydrogen-bond acceptors (Lipinski definition) is 4. The van der Waals surface area contributed by atoms with Crippen molar-refractivity contribution >= 4 is 12.0 Å². The summed E-state index contributed by atoms with van der Waals surface area (Å²) in [5, 5.41) is 14.1. The fourth-order valence-corrected chi connectivity index (χ4v) is 2.78. The van der Waals surface area contributed by atoms with E-state index >= 15 is 0 Å². The molecule has 0 fully saturated rings. The van der Waals surface area contributed by atoms with E-state index in [1.807, 2.05) is 77.6 Å². The molecule has 0 spiro atoms. The highest BCUT2D eigenvalue weighted by atomic mass is 16.5. The molecule has 0 aliphatic rings. The Morgan fingerprint density at radius 2 is 1.79 bits per heavy atom. The summed E-state index contributed by atoms with van der Waals surface area (Å²) in [6, 6.07) is 21.6. The molecule has 3 aromatic rings. The number of carbonyl (C=O) groups excluding carboxylic acids is 1. The van der Waals surface area contributed by atoms with Crippen molar-refractivity contribution in [1.29, 1.82) is 5.26 Å². The molecule has 0 N–H and O–H groups in total. The van der Waals surface area contributed by atoms with Crippen LogP contribution in [-0.2, 0) is 16.1 Å². The first-order valence-corrected chi connectivity index (χ1v) is 9.06. The average molecular weight is 371 g/mol. The Labute approximate surface area is 164 Å². The van der Waals surface area contributed by atoms with Crippen LogP contribution in [0.5, 0.6) is 0 Å². The van der Waals surface area contributed by atoms with Gasteiger partial charge in [0.1, 0.15) is 11.6 Å². The highest BCUT2D eigenvalue weighted by Gasteiger charge is 2.16. The molecular formula is C23H21N3O2. The van der Waals surface area contributed by atoms with Crippen LogP contribution in [0.2, 0.25) is 0 Å². The molecule has 0 aliphatic carbocycles. The number of carbonyl (C=O) groups is 1. The minimum atomic E-state index is -0.632. The van der Waals surface area contributed by atoms with E-state index in [9.17, 15) is 10.1 Å². The summed E-state index contributed by atoms with van der Waals surface area (Å²) >= 11 is 0. The predicted octanol–water partition coefficient (Wildman–Crippen LogP) is 4.46. The molecule has 0 radical (unpaired) electrons. The maximum atomic E-state index is 12.2. The molecule has 1 heterocycles. The number of benzene rings is 2. The Kier molecular flexibility index (Phi) is 6.03. The van der Waals surface area contributed by atoms with Crippen molar-refractivity contribution in [3.8, 4) is 17.3 Å². The summed E-state index contributed by atoms with van der Waals surface area (Å²) in [7, 11) is 0. The molecule has 0 amide bonds. The van der Waals surface area contributed by atoms with E-state index in [0.717, 1.165) is 11.1 Å². The summed E-state index contributed by atoms with van der Waals surface area (Å²) in [4.78, 5) is 12.2. The molecule has 5 nitrogen and oxygen atoms in total. The van der Waals surface area contributed by atoms with Crippen LogP contribution < -0.4 is 0 Å². The van der Waals surface area contributed by atoms with E-state index in [-0.39, 0.29) is 11.7 Å². The lowest BCUT2D eigenvalue weighted by molar-refractivity contribution is -0.142. The SMILES string of the molecule is CC(C)OC(=O)/C(C#N)=C\c1cn(Cc2ccccc2)nc1-c1ccccc1. The number of rotatable bonds is 6. The van der Waals surface area contributed by atoms with Gasteiger partial charge in [-0.25, -0.2) is 4.79 Å². The van der Waals surface area contributed by atoms with E-state index in [1.165, 1.54) is 0 Å². The largest absolute Gasteiger partial charge is 0.459 e. The van der Waals surface area contributed by atoms with Crippen LogP contribution in [-0.4, -0.2) is 21.9 Å². The predicted molar refractivity (Wildman–Crippen MR) is 108 cm³/mol. The molecule has 28 heavy (non-hydrogen) atoms. The van der Waals surface area contributed by atoms with Crippen LogP contribution >= 0.6 is 0 Å².